The van der Waals surface area contributed by atoms with Gasteiger partial charge in [0.25, 0.3) is 0 Å². The molecule has 2 rings (SSSR count). The number of para-hydroxylation sites is 1. The fourth-order valence-electron chi connectivity index (χ4n) is 1.75. The van der Waals surface area contributed by atoms with E-state index in [4.69, 9.17) is 0 Å². The second-order valence-corrected chi connectivity index (χ2v) is 7.05. The summed E-state index contributed by atoms with van der Waals surface area (Å²) in [6.45, 7) is 0.329. The van der Waals surface area contributed by atoms with Gasteiger partial charge in [-0.3, -0.25) is 4.31 Å². The third-order valence-corrected chi connectivity index (χ3v) is 4.35. The van der Waals surface area contributed by atoms with Gasteiger partial charge in [-0.1, -0.05) is 46.3 Å². The van der Waals surface area contributed by atoms with Crippen LogP contribution in [0.4, 0.5) is 5.69 Å². The number of hydrogen-bond donors (Lipinski definition) is 0. The summed E-state index contributed by atoms with van der Waals surface area (Å²) >= 11 is 3.36. The lowest BCUT2D eigenvalue weighted by molar-refractivity contribution is 0.596. The SMILES string of the molecule is CS(=O)(=O)N(Cc1ccc(Br)cc1)c1ccccc1. The Hall–Kier alpha value is -1.33. The van der Waals surface area contributed by atoms with Gasteiger partial charge in [-0.2, -0.15) is 0 Å². The van der Waals surface area contributed by atoms with Gasteiger partial charge in [0.2, 0.25) is 10.0 Å². The maximum absolute atomic E-state index is 11.9. The molecule has 0 saturated carbocycles. The second kappa shape index (κ2) is 5.75. The molecular formula is C14H14BrNO2S. The molecule has 0 heterocycles. The molecule has 19 heavy (non-hydrogen) atoms. The summed E-state index contributed by atoms with van der Waals surface area (Å²) in [4.78, 5) is 0. The van der Waals surface area contributed by atoms with Gasteiger partial charge in [0, 0.05) is 4.47 Å². The van der Waals surface area contributed by atoms with Crippen LogP contribution in [-0.4, -0.2) is 14.7 Å². The van der Waals surface area contributed by atoms with Crippen LogP contribution >= 0.6 is 15.9 Å². The van der Waals surface area contributed by atoms with Crippen molar-refractivity contribution in [1.82, 2.24) is 0 Å². The second-order valence-electron chi connectivity index (χ2n) is 4.23. The first-order chi connectivity index (χ1) is 8.97. The van der Waals surface area contributed by atoms with Crippen molar-refractivity contribution in [2.45, 2.75) is 6.54 Å². The minimum absolute atomic E-state index is 0.329. The van der Waals surface area contributed by atoms with Crippen molar-refractivity contribution in [2.24, 2.45) is 0 Å². The van der Waals surface area contributed by atoms with Crippen LogP contribution in [-0.2, 0) is 16.6 Å². The number of anilines is 1. The summed E-state index contributed by atoms with van der Waals surface area (Å²) in [5, 5.41) is 0. The first-order valence-electron chi connectivity index (χ1n) is 5.74. The summed E-state index contributed by atoms with van der Waals surface area (Å²) in [6, 6.07) is 16.7. The molecule has 0 aliphatic rings. The van der Waals surface area contributed by atoms with Crippen molar-refractivity contribution in [3.63, 3.8) is 0 Å². The molecule has 0 aliphatic heterocycles. The van der Waals surface area contributed by atoms with Gasteiger partial charge in [0.05, 0.1) is 18.5 Å². The van der Waals surface area contributed by atoms with Crippen LogP contribution in [0.15, 0.2) is 59.1 Å². The molecule has 2 aromatic carbocycles. The number of nitrogens with zero attached hydrogens (tertiary/aromatic N) is 1. The van der Waals surface area contributed by atoms with Gasteiger partial charge in [0.1, 0.15) is 0 Å². The Labute approximate surface area is 122 Å². The molecule has 0 spiro atoms. The average molecular weight is 340 g/mol. The van der Waals surface area contributed by atoms with Gasteiger partial charge in [0.15, 0.2) is 0 Å². The van der Waals surface area contributed by atoms with Gasteiger partial charge < -0.3 is 0 Å². The fraction of sp³-hybridized carbons (Fsp3) is 0.143. The molecule has 0 unspecified atom stereocenters. The zero-order chi connectivity index (χ0) is 13.9. The number of rotatable bonds is 4. The molecular weight excluding hydrogens is 326 g/mol. The number of sulfonamides is 1. The van der Waals surface area contributed by atoms with Crippen LogP contribution < -0.4 is 4.31 Å². The van der Waals surface area contributed by atoms with E-state index < -0.39 is 10.0 Å². The number of halogens is 1. The molecule has 0 fully saturated rings. The molecule has 0 radical (unpaired) electrons. The van der Waals surface area contributed by atoms with Crippen LogP contribution in [0.25, 0.3) is 0 Å². The fourth-order valence-corrected chi connectivity index (χ4v) is 2.90. The minimum Gasteiger partial charge on any atom is -0.266 e. The Morgan fingerprint density at radius 3 is 2.11 bits per heavy atom. The molecule has 0 saturated heterocycles. The van der Waals surface area contributed by atoms with Gasteiger partial charge in [-0.05, 0) is 29.8 Å². The average Bonchev–Trinajstić information content (AvgIpc) is 2.37. The largest absolute Gasteiger partial charge is 0.266 e. The van der Waals surface area contributed by atoms with E-state index in [0.29, 0.717) is 12.2 Å². The van der Waals surface area contributed by atoms with Gasteiger partial charge in [-0.25, -0.2) is 8.42 Å². The Morgan fingerprint density at radius 2 is 1.58 bits per heavy atom. The molecule has 100 valence electrons. The summed E-state index contributed by atoms with van der Waals surface area (Å²) in [5.41, 5.74) is 1.62. The topological polar surface area (TPSA) is 37.4 Å². The quantitative estimate of drug-likeness (QED) is 0.855. The molecule has 0 aromatic heterocycles. The molecule has 0 aliphatic carbocycles. The lowest BCUT2D eigenvalue weighted by Crippen LogP contribution is -2.29. The van der Waals surface area contributed by atoms with Crippen LogP contribution in [0.3, 0.4) is 0 Å². The normalized spacial score (nSPS) is 11.3. The van der Waals surface area contributed by atoms with Crippen LogP contribution in [0.2, 0.25) is 0 Å². The summed E-state index contributed by atoms with van der Waals surface area (Å²) < 4.78 is 26.2. The standard InChI is InChI=1S/C14H14BrNO2S/c1-19(17,18)16(14-5-3-2-4-6-14)11-12-7-9-13(15)10-8-12/h2-10H,11H2,1H3. The van der Waals surface area contributed by atoms with E-state index in [1.165, 1.54) is 10.6 Å². The first kappa shape index (κ1) is 14.1. The monoisotopic (exact) mass is 339 g/mol. The lowest BCUT2D eigenvalue weighted by Gasteiger charge is -2.22. The molecule has 0 atom stereocenters. The molecule has 0 bridgehead atoms. The van der Waals surface area contributed by atoms with E-state index in [-0.39, 0.29) is 0 Å². The van der Waals surface area contributed by atoms with Crippen LogP contribution in [0, 0.1) is 0 Å². The maximum atomic E-state index is 11.9. The van der Waals surface area contributed by atoms with E-state index in [1.54, 1.807) is 12.1 Å². The summed E-state index contributed by atoms with van der Waals surface area (Å²) in [7, 11) is -3.30. The third kappa shape index (κ3) is 3.81. The summed E-state index contributed by atoms with van der Waals surface area (Å²) in [6.07, 6.45) is 1.22. The van der Waals surface area contributed by atoms with Crippen molar-refractivity contribution in [3.8, 4) is 0 Å². The predicted octanol–water partition coefficient (Wildman–Crippen LogP) is 3.42. The van der Waals surface area contributed by atoms with Gasteiger partial charge >= 0.3 is 0 Å². The van der Waals surface area contributed by atoms with Gasteiger partial charge in [-0.15, -0.1) is 0 Å². The highest BCUT2D eigenvalue weighted by molar-refractivity contribution is 9.10. The molecule has 0 amide bonds. The van der Waals surface area contributed by atoms with Crippen molar-refractivity contribution in [3.05, 3.63) is 64.6 Å². The van der Waals surface area contributed by atoms with Crippen molar-refractivity contribution >= 4 is 31.6 Å². The van der Waals surface area contributed by atoms with E-state index in [1.807, 2.05) is 42.5 Å². The van der Waals surface area contributed by atoms with E-state index in [0.717, 1.165) is 10.0 Å². The predicted molar refractivity (Wildman–Crippen MR) is 81.6 cm³/mol. The first-order valence-corrected chi connectivity index (χ1v) is 8.38. The zero-order valence-corrected chi connectivity index (χ0v) is 12.9. The van der Waals surface area contributed by atoms with Crippen LogP contribution in [0.1, 0.15) is 5.56 Å². The van der Waals surface area contributed by atoms with E-state index >= 15 is 0 Å². The highest BCUT2D eigenvalue weighted by Crippen LogP contribution is 2.20. The Balaban J connectivity index is 2.33. The smallest absolute Gasteiger partial charge is 0.232 e. The number of benzene rings is 2. The third-order valence-electron chi connectivity index (χ3n) is 2.68. The zero-order valence-electron chi connectivity index (χ0n) is 10.5. The lowest BCUT2D eigenvalue weighted by atomic mass is 10.2. The van der Waals surface area contributed by atoms with E-state index in [2.05, 4.69) is 15.9 Å². The maximum Gasteiger partial charge on any atom is 0.232 e. The highest BCUT2D eigenvalue weighted by Gasteiger charge is 2.17. The summed E-state index contributed by atoms with van der Waals surface area (Å²) in [5.74, 6) is 0. The Kier molecular flexibility index (Phi) is 4.27. The minimum atomic E-state index is -3.30. The van der Waals surface area contributed by atoms with Crippen molar-refractivity contribution < 1.29 is 8.42 Å². The molecule has 2 aromatic rings. The van der Waals surface area contributed by atoms with Crippen LogP contribution in [0.5, 0.6) is 0 Å². The van der Waals surface area contributed by atoms with E-state index in [9.17, 15) is 8.42 Å². The van der Waals surface area contributed by atoms with Crippen molar-refractivity contribution in [1.29, 1.82) is 0 Å². The molecule has 5 heteroatoms. The van der Waals surface area contributed by atoms with Crippen molar-refractivity contribution in [2.75, 3.05) is 10.6 Å². The molecule has 3 nitrogen and oxygen atoms in total. The Morgan fingerprint density at radius 1 is 1.00 bits per heavy atom. The molecule has 0 N–H and O–H groups in total. The Bertz CT molecular complexity index is 639. The number of hydrogen-bond acceptors (Lipinski definition) is 2. The highest BCUT2D eigenvalue weighted by atomic mass is 79.9.